The molecule has 0 atom stereocenters. The second-order valence-electron chi connectivity index (χ2n) is 6.98. The van der Waals surface area contributed by atoms with E-state index in [0.717, 1.165) is 23.2 Å². The highest BCUT2D eigenvalue weighted by Gasteiger charge is 2.22. The Morgan fingerprint density at radius 1 is 0.654 bits per heavy atom. The third kappa shape index (κ3) is 1.86. The van der Waals surface area contributed by atoms with E-state index in [1.54, 1.807) is 0 Å². The Labute approximate surface area is 151 Å². The van der Waals surface area contributed by atoms with E-state index < -0.39 is 0 Å². The lowest BCUT2D eigenvalue weighted by atomic mass is 9.93. The van der Waals surface area contributed by atoms with Crippen molar-refractivity contribution in [1.29, 1.82) is 0 Å². The molecule has 0 saturated carbocycles. The quantitative estimate of drug-likeness (QED) is 0.306. The Balaban J connectivity index is 1.63. The van der Waals surface area contributed by atoms with Gasteiger partial charge in [-0.25, -0.2) is 0 Å². The van der Waals surface area contributed by atoms with E-state index in [1.165, 1.54) is 38.2 Å². The van der Waals surface area contributed by atoms with Crippen molar-refractivity contribution >= 4 is 44.2 Å². The molecule has 1 heterocycles. The maximum absolute atomic E-state index is 6.14. The molecule has 0 spiro atoms. The number of fused-ring (bicyclic) bond motifs is 7. The van der Waals surface area contributed by atoms with Crippen molar-refractivity contribution in [1.82, 2.24) is 0 Å². The third-order valence-corrected chi connectivity index (χ3v) is 5.51. The fourth-order valence-electron chi connectivity index (χ4n) is 4.31. The molecule has 122 valence electrons. The van der Waals surface area contributed by atoms with E-state index in [2.05, 4.69) is 72.8 Å². The molecule has 0 saturated heterocycles. The van der Waals surface area contributed by atoms with Crippen LogP contribution in [0.2, 0.25) is 0 Å². The van der Waals surface area contributed by atoms with Crippen LogP contribution in [0.4, 0.5) is 0 Å². The van der Waals surface area contributed by atoms with E-state index in [0.29, 0.717) is 0 Å². The van der Waals surface area contributed by atoms with Crippen LogP contribution in [0.5, 0.6) is 0 Å². The lowest BCUT2D eigenvalue weighted by Crippen LogP contribution is -1.89. The van der Waals surface area contributed by atoms with Crippen molar-refractivity contribution in [2.75, 3.05) is 0 Å². The fraction of sp³-hybridized carbons (Fsp3) is 0.0400. The Hall–Kier alpha value is -3.32. The minimum atomic E-state index is 0.917. The molecular formula is C25H16O. The zero-order valence-electron chi connectivity index (χ0n) is 14.2. The van der Waals surface area contributed by atoms with E-state index in [1.807, 2.05) is 12.1 Å². The van der Waals surface area contributed by atoms with Gasteiger partial charge in [-0.05, 0) is 56.5 Å². The monoisotopic (exact) mass is 332 g/mol. The lowest BCUT2D eigenvalue weighted by Gasteiger charge is -2.11. The summed E-state index contributed by atoms with van der Waals surface area (Å²) >= 11 is 0. The summed E-state index contributed by atoms with van der Waals surface area (Å²) in [7, 11) is 0. The smallest absolute Gasteiger partial charge is 0.134 e. The number of para-hydroxylation sites is 1. The van der Waals surface area contributed by atoms with Crippen molar-refractivity contribution in [3.05, 3.63) is 95.7 Å². The van der Waals surface area contributed by atoms with Gasteiger partial charge in [0.2, 0.25) is 0 Å². The molecule has 1 aromatic heterocycles. The summed E-state index contributed by atoms with van der Waals surface area (Å²) in [5, 5.41) is 6.50. The van der Waals surface area contributed by atoms with Gasteiger partial charge in [-0.3, -0.25) is 0 Å². The van der Waals surface area contributed by atoms with Crippen LogP contribution < -0.4 is 0 Å². The van der Waals surface area contributed by atoms with Crippen LogP contribution in [0, 0.1) is 0 Å². The van der Waals surface area contributed by atoms with Gasteiger partial charge in [0.15, 0.2) is 0 Å². The summed E-state index contributed by atoms with van der Waals surface area (Å²) in [4.78, 5) is 0. The second kappa shape index (κ2) is 5.09. The Bertz CT molecular complexity index is 1320. The van der Waals surface area contributed by atoms with Gasteiger partial charge in [0, 0.05) is 11.8 Å². The van der Waals surface area contributed by atoms with Crippen LogP contribution in [-0.2, 0) is 6.42 Å². The summed E-state index contributed by atoms with van der Waals surface area (Å²) in [5.41, 5.74) is 4.97. The molecule has 0 amide bonds. The standard InChI is InChI=1S/C25H16O/c1-6-12-24-16(7-1)15-25(26-24)17-13-22-20-10-4-2-8-18(20)19-9-3-5-11-21(19)23(22)14-17/h1-13,15H,14H2. The van der Waals surface area contributed by atoms with Crippen molar-refractivity contribution in [2.24, 2.45) is 0 Å². The maximum Gasteiger partial charge on any atom is 0.134 e. The molecule has 1 nitrogen and oxygen atoms in total. The van der Waals surface area contributed by atoms with Gasteiger partial charge in [0.1, 0.15) is 11.3 Å². The van der Waals surface area contributed by atoms with Gasteiger partial charge < -0.3 is 4.42 Å². The Kier molecular flexibility index (Phi) is 2.72. The van der Waals surface area contributed by atoms with Crippen LogP contribution in [-0.4, -0.2) is 0 Å². The second-order valence-corrected chi connectivity index (χ2v) is 6.98. The van der Waals surface area contributed by atoms with Gasteiger partial charge >= 0.3 is 0 Å². The number of hydrogen-bond donors (Lipinski definition) is 0. The molecule has 1 heteroatoms. The third-order valence-electron chi connectivity index (χ3n) is 5.51. The minimum Gasteiger partial charge on any atom is -0.456 e. The molecule has 1 aliphatic carbocycles. The number of benzene rings is 4. The Morgan fingerprint density at radius 2 is 1.31 bits per heavy atom. The van der Waals surface area contributed by atoms with E-state index in [-0.39, 0.29) is 0 Å². The normalized spacial score (nSPS) is 13.5. The molecule has 1 aliphatic rings. The molecule has 0 unspecified atom stereocenters. The summed E-state index contributed by atoms with van der Waals surface area (Å²) in [6.07, 6.45) is 3.24. The first-order chi connectivity index (χ1) is 12.9. The Morgan fingerprint density at radius 3 is 2.12 bits per heavy atom. The van der Waals surface area contributed by atoms with E-state index in [9.17, 15) is 0 Å². The predicted octanol–water partition coefficient (Wildman–Crippen LogP) is 6.84. The average molecular weight is 332 g/mol. The molecule has 6 rings (SSSR count). The van der Waals surface area contributed by atoms with Crippen molar-refractivity contribution in [3.63, 3.8) is 0 Å². The van der Waals surface area contributed by atoms with Crippen molar-refractivity contribution in [2.45, 2.75) is 6.42 Å². The lowest BCUT2D eigenvalue weighted by molar-refractivity contribution is 0.598. The van der Waals surface area contributed by atoms with Crippen LogP contribution >= 0.6 is 0 Å². The van der Waals surface area contributed by atoms with Crippen LogP contribution in [0.25, 0.3) is 44.2 Å². The average Bonchev–Trinajstić information content (AvgIpc) is 3.33. The molecular weight excluding hydrogens is 316 g/mol. The topological polar surface area (TPSA) is 13.1 Å². The number of hydrogen-bond acceptors (Lipinski definition) is 1. The van der Waals surface area contributed by atoms with Gasteiger partial charge in [-0.1, -0.05) is 66.7 Å². The van der Waals surface area contributed by atoms with E-state index >= 15 is 0 Å². The molecule has 5 aromatic rings. The maximum atomic E-state index is 6.14. The molecule has 0 N–H and O–H groups in total. The highest BCUT2D eigenvalue weighted by Crippen LogP contribution is 2.42. The first-order valence-corrected chi connectivity index (χ1v) is 9.00. The SMILES string of the molecule is C1=C(c2cc3ccccc3o2)Cc2c1c1ccccc1c1ccccc21. The summed E-state index contributed by atoms with van der Waals surface area (Å²) in [5.74, 6) is 0.982. The fourth-order valence-corrected chi connectivity index (χ4v) is 4.31. The minimum absolute atomic E-state index is 0.917. The van der Waals surface area contributed by atoms with Crippen molar-refractivity contribution in [3.8, 4) is 0 Å². The van der Waals surface area contributed by atoms with Gasteiger partial charge in [0.25, 0.3) is 0 Å². The number of furan rings is 1. The molecule has 0 aliphatic heterocycles. The van der Waals surface area contributed by atoms with Gasteiger partial charge in [0.05, 0.1) is 0 Å². The zero-order valence-corrected chi connectivity index (χ0v) is 14.2. The summed E-state index contributed by atoms with van der Waals surface area (Å²) in [6, 6.07) is 27.8. The first kappa shape index (κ1) is 13.9. The van der Waals surface area contributed by atoms with E-state index in [4.69, 9.17) is 4.42 Å². The summed E-state index contributed by atoms with van der Waals surface area (Å²) in [6.45, 7) is 0. The van der Waals surface area contributed by atoms with Crippen LogP contribution in [0.15, 0.2) is 83.3 Å². The largest absolute Gasteiger partial charge is 0.456 e. The highest BCUT2D eigenvalue weighted by atomic mass is 16.3. The zero-order chi connectivity index (χ0) is 17.1. The van der Waals surface area contributed by atoms with Crippen LogP contribution in [0.3, 0.4) is 0 Å². The number of rotatable bonds is 1. The molecule has 4 aromatic carbocycles. The molecule has 0 radical (unpaired) electrons. The summed E-state index contributed by atoms with van der Waals surface area (Å²) < 4.78 is 6.14. The molecule has 26 heavy (non-hydrogen) atoms. The van der Waals surface area contributed by atoms with Crippen molar-refractivity contribution < 1.29 is 4.42 Å². The first-order valence-electron chi connectivity index (χ1n) is 9.00. The predicted molar refractivity (Wildman–Crippen MR) is 109 cm³/mol. The highest BCUT2D eigenvalue weighted by molar-refractivity contribution is 6.15. The molecule has 0 bridgehead atoms. The molecule has 0 fully saturated rings. The number of allylic oxidation sites excluding steroid dienone is 1. The van der Waals surface area contributed by atoms with Crippen LogP contribution in [0.1, 0.15) is 16.9 Å². The van der Waals surface area contributed by atoms with Gasteiger partial charge in [-0.2, -0.15) is 0 Å². The van der Waals surface area contributed by atoms with Gasteiger partial charge in [-0.15, -0.1) is 0 Å².